The van der Waals surface area contributed by atoms with E-state index in [1.54, 1.807) is 105 Å². The summed E-state index contributed by atoms with van der Waals surface area (Å²) in [5.41, 5.74) is 13.1. The molecule has 129 heavy (non-hydrogen) atoms. The molecule has 2 heterocycles. The summed E-state index contributed by atoms with van der Waals surface area (Å²) >= 11 is 3.38. The molecule has 2 aliphatic heterocycles. The third kappa shape index (κ3) is 34.1. The highest BCUT2D eigenvalue weighted by molar-refractivity contribution is 7.99. The minimum absolute atomic E-state index is 0.0171. The molecule has 0 saturated heterocycles. The molecule has 0 aliphatic carbocycles. The van der Waals surface area contributed by atoms with Gasteiger partial charge < -0.3 is 106 Å². The van der Waals surface area contributed by atoms with E-state index in [-0.39, 0.29) is 59.0 Å². The van der Waals surface area contributed by atoms with Gasteiger partial charge in [0, 0.05) is 79.1 Å². The number of ketones is 1. The van der Waals surface area contributed by atoms with Gasteiger partial charge in [0.25, 0.3) is 0 Å². The highest BCUT2D eigenvalue weighted by atomic mass is 32.2. The molecule has 22 N–H and O–H groups in total. The molecule has 4 bridgehead atoms. The lowest BCUT2D eigenvalue weighted by molar-refractivity contribution is -0.142. The van der Waals surface area contributed by atoms with Gasteiger partial charge in [-0.05, 0) is 95.3 Å². The molecule has 0 saturated carbocycles. The van der Waals surface area contributed by atoms with E-state index in [9.17, 15) is 92.3 Å². The third-order valence-electron chi connectivity index (χ3n) is 20.4. The molecule has 0 spiro atoms. The number of benzene rings is 5. The lowest BCUT2D eigenvalue weighted by Gasteiger charge is -2.33. The SMILES string of the molecule is CC(=O)CC1NC(=O)C(CCC(=O)O)NC(=O)C2CSCc3cc(cc(c3)CSCC(NC(C)C)C(=O)NC(C)C(=O)NC(CC(N)=O)C(=O)NC(CCC(=O)O)C(=O)NC(Cc3cccc4ccccc34)C(=O)NC(C)C(=O)N2)CSCC(C(N)=O)NC(=O)C(C(C)(C)C)NC(=O)C(CC(=O)O)NC(=O)C(Cc2ccc(O)cc2)NC(=O)C(Cc2ccccc2)NC1=O. The number of thioether (sulfide) groups is 3. The minimum atomic E-state index is -2.01. The van der Waals surface area contributed by atoms with Crippen LogP contribution in [-0.4, -0.2) is 241 Å². The number of phenols is 1. The van der Waals surface area contributed by atoms with Crippen LogP contribution in [0.2, 0.25) is 0 Å². The Kier molecular flexibility index (Phi) is 39.7. The monoisotopic (exact) mass is 1840 g/mol. The Bertz CT molecular complexity index is 4940. The number of nitrogens with one attached hydrogen (secondary N) is 14. The average molecular weight is 1850 g/mol. The van der Waals surface area contributed by atoms with Crippen LogP contribution in [0.1, 0.15) is 134 Å². The number of Topliss-reactive ketones (excluding diaryl/α,β-unsaturated/α-hetero) is 1. The Balaban J connectivity index is 1.39. The summed E-state index contributed by atoms with van der Waals surface area (Å²) < 4.78 is 0. The smallest absolute Gasteiger partial charge is 0.305 e. The zero-order valence-corrected chi connectivity index (χ0v) is 74.8. The predicted molar refractivity (Wildman–Crippen MR) is 477 cm³/mol. The van der Waals surface area contributed by atoms with Crippen LogP contribution in [0.4, 0.5) is 0 Å². The van der Waals surface area contributed by atoms with Crippen molar-refractivity contribution in [3.05, 3.63) is 149 Å². The lowest BCUT2D eigenvalue weighted by Crippen LogP contribution is -2.62. The van der Waals surface area contributed by atoms with Crippen molar-refractivity contribution in [3.63, 3.8) is 0 Å². The Morgan fingerprint density at radius 3 is 1.36 bits per heavy atom. The Morgan fingerprint density at radius 1 is 0.426 bits per heavy atom. The van der Waals surface area contributed by atoms with Crippen LogP contribution in [0.15, 0.2) is 115 Å². The first-order chi connectivity index (χ1) is 60.9. The summed E-state index contributed by atoms with van der Waals surface area (Å²) in [6, 6.07) is 6.28. The van der Waals surface area contributed by atoms with Crippen LogP contribution in [0, 0.1) is 5.41 Å². The Labute approximate surface area is 756 Å². The fourth-order valence-corrected chi connectivity index (χ4v) is 16.8. The number of primary amides is 2. The molecule has 14 atom stereocenters. The first-order valence-corrected chi connectivity index (χ1v) is 44.9. The number of fused-ring (bicyclic) bond motifs is 6. The molecule has 14 unspecified atom stereocenters. The molecular weight excluding hydrogens is 1730 g/mol. The number of carboxylic acid groups (broad SMARTS) is 3. The van der Waals surface area contributed by atoms with Gasteiger partial charge in [0.05, 0.1) is 18.9 Å². The molecule has 39 nitrogen and oxygen atoms in total. The van der Waals surface area contributed by atoms with Crippen molar-refractivity contribution in [3.8, 4) is 5.75 Å². The second-order valence-corrected chi connectivity index (χ2v) is 35.9. The van der Waals surface area contributed by atoms with Crippen molar-refractivity contribution in [2.75, 3.05) is 17.3 Å². The molecule has 42 heteroatoms. The van der Waals surface area contributed by atoms with Crippen LogP contribution >= 0.6 is 35.3 Å². The van der Waals surface area contributed by atoms with Gasteiger partial charge in [0.2, 0.25) is 88.6 Å². The molecular formula is C87H112N16O23S3. The van der Waals surface area contributed by atoms with Crippen LogP contribution in [0.5, 0.6) is 5.75 Å². The molecule has 0 radical (unpaired) electrons. The normalized spacial score (nSPS) is 24.1. The lowest BCUT2D eigenvalue weighted by atomic mass is 9.85. The van der Waals surface area contributed by atoms with Crippen molar-refractivity contribution in [1.82, 2.24) is 74.4 Å². The number of carboxylic acids is 3. The average Bonchev–Trinajstić information content (AvgIpc) is 0.856. The van der Waals surface area contributed by atoms with E-state index in [1.807, 2.05) is 0 Å². The summed E-state index contributed by atoms with van der Waals surface area (Å²) in [4.78, 5) is 269. The number of carbonyl (C=O) groups excluding carboxylic acids is 16. The fraction of sp³-hybridized carbons (Fsp3) is 0.460. The van der Waals surface area contributed by atoms with E-state index in [0.717, 1.165) is 30.4 Å². The van der Waals surface area contributed by atoms with Crippen molar-refractivity contribution in [2.45, 2.75) is 227 Å². The standard InChI is InChI=1S/C87H112N16O23S3/c1-44(2)90-66-42-128-39-51-30-50-31-52(32-51)40-129-43-67(102-75(115)47(5)91-78(118)62(35-54-19-14-18-53-17-12-13-20-56(53)54)99-77(117)57(25-27-69(107)108)93-82(122)63(36-68(88)106)95-74(114)46(4)92-84(66)124)85(125)94-58(26-28-70(109)110)76(116)96-59(29-45(3)104)79(119)97-60(33-48-15-10-9-11-16-48)80(120)98-61(34-49-21-23-55(105)24-22-49)81(121)100-64(37-71(111)112)83(123)103-72(87(6,7)8)86(126)101-65(73(89)113)41-127-38-50/h9-24,30-32,44,46-47,57-67,72,90,105H,25-29,33-43H2,1-8H3,(H2,88,106)(H2,89,113)(H,91,118)(H,92,124)(H,93,122)(H,94,125)(H,95,114)(H,96,116)(H,97,119)(H,98,120)(H,99,117)(H,100,121)(H,101,126)(H,102,115)(H,103,123)(H,107,108)(H,109,110)(H,111,112). The summed E-state index contributed by atoms with van der Waals surface area (Å²) in [5.74, 6) is -22.6. The topological polar surface area (TPSA) is 626 Å². The second kappa shape index (κ2) is 49.6. The fourth-order valence-electron chi connectivity index (χ4n) is 13.8. The van der Waals surface area contributed by atoms with Crippen molar-refractivity contribution in [1.29, 1.82) is 0 Å². The molecule has 2 aliphatic rings. The van der Waals surface area contributed by atoms with E-state index in [0.29, 0.717) is 38.6 Å². The van der Waals surface area contributed by atoms with E-state index in [2.05, 4.69) is 74.4 Å². The van der Waals surface area contributed by atoms with Crippen molar-refractivity contribution in [2.24, 2.45) is 16.9 Å². The number of hydrogen-bond acceptors (Lipinski definition) is 24. The summed E-state index contributed by atoms with van der Waals surface area (Å²) in [6.07, 6.45) is -7.04. The number of carbonyl (C=O) groups is 19. The largest absolute Gasteiger partial charge is 0.508 e. The number of amides is 15. The molecule has 5 aromatic rings. The van der Waals surface area contributed by atoms with Gasteiger partial charge in [0.15, 0.2) is 0 Å². The van der Waals surface area contributed by atoms with Gasteiger partial charge in [-0.15, -0.1) is 0 Å². The number of phenolic OH excluding ortho intramolecular Hbond substituents is 1. The zero-order chi connectivity index (χ0) is 95.1. The van der Waals surface area contributed by atoms with Crippen molar-refractivity contribution >= 4 is 158 Å². The summed E-state index contributed by atoms with van der Waals surface area (Å²) in [7, 11) is 0. The van der Waals surface area contributed by atoms with Crippen LogP contribution in [-0.2, 0) is 128 Å². The molecule has 15 amide bonds. The number of rotatable bonds is 21. The first kappa shape index (κ1) is 103. The molecule has 0 aromatic heterocycles. The second-order valence-electron chi connectivity index (χ2n) is 32.8. The Hall–Kier alpha value is -12.7. The maximum Gasteiger partial charge on any atom is 0.305 e. The van der Waals surface area contributed by atoms with Crippen LogP contribution < -0.4 is 85.9 Å². The number of nitrogens with two attached hydrogens (primary N) is 2. The minimum Gasteiger partial charge on any atom is -0.508 e. The van der Waals surface area contributed by atoms with Gasteiger partial charge in [0.1, 0.15) is 90.1 Å². The quantitative estimate of drug-likeness (QED) is 0.0432. The number of hydrogen-bond donors (Lipinski definition) is 20. The van der Waals surface area contributed by atoms with Gasteiger partial charge >= 0.3 is 17.9 Å². The first-order valence-electron chi connectivity index (χ1n) is 41.5. The highest BCUT2D eigenvalue weighted by Gasteiger charge is 2.41. The number of aliphatic carboxylic acids is 3. The Morgan fingerprint density at radius 2 is 0.845 bits per heavy atom. The van der Waals surface area contributed by atoms with E-state index >= 15 is 19.2 Å². The van der Waals surface area contributed by atoms with Crippen LogP contribution in [0.3, 0.4) is 0 Å². The molecule has 5 aromatic carbocycles. The maximum absolute atomic E-state index is 15.4. The highest BCUT2D eigenvalue weighted by Crippen LogP contribution is 2.27. The van der Waals surface area contributed by atoms with Gasteiger partial charge in [-0.3, -0.25) is 91.1 Å². The number of aromatic hydroxyl groups is 1. The van der Waals surface area contributed by atoms with E-state index in [4.69, 9.17) is 11.5 Å². The summed E-state index contributed by atoms with van der Waals surface area (Å²) in [6.45, 7) is 11.7. The van der Waals surface area contributed by atoms with E-state index < -0.39 is 259 Å². The molecule has 0 fully saturated rings. The van der Waals surface area contributed by atoms with Gasteiger partial charge in [-0.25, -0.2) is 0 Å². The predicted octanol–water partition coefficient (Wildman–Crippen LogP) is -0.701. The van der Waals surface area contributed by atoms with Gasteiger partial charge in [-0.2, -0.15) is 35.3 Å². The third-order valence-corrected chi connectivity index (χ3v) is 23.8. The van der Waals surface area contributed by atoms with Gasteiger partial charge in [-0.1, -0.05) is 138 Å². The van der Waals surface area contributed by atoms with E-state index in [1.165, 1.54) is 70.6 Å². The van der Waals surface area contributed by atoms with Crippen LogP contribution in [0.25, 0.3) is 10.8 Å². The molecule has 696 valence electrons. The molecule has 7 rings (SSSR count). The maximum atomic E-state index is 15.4. The zero-order valence-electron chi connectivity index (χ0n) is 72.4. The van der Waals surface area contributed by atoms with Crippen molar-refractivity contribution < 1.29 is 112 Å². The summed E-state index contributed by atoms with van der Waals surface area (Å²) in [5, 5.41) is 77.6.